The molecule has 0 amide bonds. The molecule has 0 bridgehead atoms. The van der Waals surface area contributed by atoms with Crippen LogP contribution in [0.25, 0.3) is 64.6 Å². The summed E-state index contributed by atoms with van der Waals surface area (Å²) in [7, 11) is 0. The van der Waals surface area contributed by atoms with Crippen LogP contribution in [0, 0.1) is 0 Å². The summed E-state index contributed by atoms with van der Waals surface area (Å²) < 4.78 is 0. The van der Waals surface area contributed by atoms with Gasteiger partial charge in [0.2, 0.25) is 0 Å². The third-order valence-corrected chi connectivity index (χ3v) is 8.97. The second-order valence-electron chi connectivity index (χ2n) is 11.9. The smallest absolute Gasteiger partial charge is 0.300 e. The molecule has 0 radical (unpaired) electrons. The SMILES string of the molecule is CC(=O)O.NCCC(N)(Cc1ccc2ccc3cccc4ccc1c2c34)Cc1ccc2ccc3cccc4ccc1c2c34. The Morgan fingerprint density at radius 1 is 0.581 bits per heavy atom. The lowest BCUT2D eigenvalue weighted by molar-refractivity contribution is -0.134. The summed E-state index contributed by atoms with van der Waals surface area (Å²) in [6, 6.07) is 40.3. The van der Waals surface area contributed by atoms with Gasteiger partial charge in [0.05, 0.1) is 0 Å². The highest BCUT2D eigenvalue weighted by Gasteiger charge is 2.28. The first-order valence-corrected chi connectivity index (χ1v) is 14.8. The van der Waals surface area contributed by atoms with Crippen LogP contribution in [0.2, 0.25) is 0 Å². The van der Waals surface area contributed by atoms with Gasteiger partial charge < -0.3 is 16.6 Å². The largest absolute Gasteiger partial charge is 0.481 e. The van der Waals surface area contributed by atoms with E-state index >= 15 is 0 Å². The summed E-state index contributed by atoms with van der Waals surface area (Å²) in [6.45, 7) is 1.65. The van der Waals surface area contributed by atoms with Gasteiger partial charge in [-0.1, -0.05) is 109 Å². The average Bonchev–Trinajstić information content (AvgIpc) is 3.00. The average molecular weight is 563 g/mol. The molecule has 0 aliphatic carbocycles. The third-order valence-electron chi connectivity index (χ3n) is 8.97. The molecule has 8 rings (SSSR count). The lowest BCUT2D eigenvalue weighted by Gasteiger charge is -2.31. The minimum absolute atomic E-state index is 0.458. The van der Waals surface area contributed by atoms with Crippen molar-refractivity contribution in [3.05, 3.63) is 120 Å². The molecule has 0 heterocycles. The summed E-state index contributed by atoms with van der Waals surface area (Å²) >= 11 is 0. The minimum atomic E-state index is -0.833. The molecule has 8 aromatic carbocycles. The van der Waals surface area contributed by atoms with Crippen molar-refractivity contribution in [2.24, 2.45) is 11.5 Å². The second kappa shape index (κ2) is 10.5. The van der Waals surface area contributed by atoms with E-state index < -0.39 is 11.5 Å². The van der Waals surface area contributed by atoms with Crippen molar-refractivity contribution in [3.8, 4) is 0 Å². The zero-order valence-electron chi connectivity index (χ0n) is 24.2. The maximum atomic E-state index is 9.00. The maximum Gasteiger partial charge on any atom is 0.300 e. The first kappa shape index (κ1) is 27.1. The Morgan fingerprint density at radius 2 is 0.907 bits per heavy atom. The monoisotopic (exact) mass is 562 g/mol. The van der Waals surface area contributed by atoms with E-state index in [1.807, 2.05) is 0 Å². The Hall–Kier alpha value is -4.77. The topological polar surface area (TPSA) is 89.3 Å². The lowest BCUT2D eigenvalue weighted by Crippen LogP contribution is -2.46. The molecular weight excluding hydrogens is 528 g/mol. The van der Waals surface area contributed by atoms with Gasteiger partial charge in [-0.05, 0) is 102 Å². The molecule has 212 valence electrons. The molecule has 0 unspecified atom stereocenters. The summed E-state index contributed by atoms with van der Waals surface area (Å²) in [4.78, 5) is 9.00. The predicted octanol–water partition coefficient (Wildman–Crippen LogP) is 8.40. The van der Waals surface area contributed by atoms with Gasteiger partial charge in [0, 0.05) is 12.5 Å². The van der Waals surface area contributed by atoms with E-state index in [0.717, 1.165) is 26.2 Å². The summed E-state index contributed by atoms with van der Waals surface area (Å²) in [5.41, 5.74) is 15.7. The van der Waals surface area contributed by atoms with Crippen LogP contribution >= 0.6 is 0 Å². The van der Waals surface area contributed by atoms with Crippen molar-refractivity contribution < 1.29 is 9.90 Å². The van der Waals surface area contributed by atoms with Crippen LogP contribution in [-0.4, -0.2) is 23.2 Å². The Balaban J connectivity index is 0.000000709. The number of nitrogens with two attached hydrogens (primary N) is 2. The number of hydrogen-bond acceptors (Lipinski definition) is 3. The number of rotatable bonds is 6. The Morgan fingerprint density at radius 3 is 1.28 bits per heavy atom. The van der Waals surface area contributed by atoms with Gasteiger partial charge in [0.1, 0.15) is 0 Å². The van der Waals surface area contributed by atoms with E-state index in [2.05, 4.69) is 109 Å². The highest BCUT2D eigenvalue weighted by atomic mass is 16.4. The molecule has 0 atom stereocenters. The molecule has 43 heavy (non-hydrogen) atoms. The highest BCUT2D eigenvalue weighted by Crippen LogP contribution is 2.39. The number of carbonyl (C=O) groups is 1. The maximum absolute atomic E-state index is 9.00. The van der Waals surface area contributed by atoms with Crippen molar-refractivity contribution in [2.75, 3.05) is 6.54 Å². The molecule has 0 aliphatic rings. The quantitative estimate of drug-likeness (QED) is 0.178. The minimum Gasteiger partial charge on any atom is -0.481 e. The van der Waals surface area contributed by atoms with Gasteiger partial charge in [-0.15, -0.1) is 0 Å². The molecule has 4 nitrogen and oxygen atoms in total. The Labute approximate surface area is 250 Å². The summed E-state index contributed by atoms with van der Waals surface area (Å²) in [6.07, 6.45) is 2.32. The molecule has 0 saturated heterocycles. The van der Waals surface area contributed by atoms with Gasteiger partial charge in [0.25, 0.3) is 5.97 Å². The molecule has 8 aromatic rings. The number of benzene rings is 8. The van der Waals surface area contributed by atoms with E-state index in [0.29, 0.717) is 6.54 Å². The first-order chi connectivity index (χ1) is 20.8. The molecule has 0 aromatic heterocycles. The highest BCUT2D eigenvalue weighted by molar-refractivity contribution is 6.24. The predicted molar refractivity (Wildman–Crippen MR) is 182 cm³/mol. The van der Waals surface area contributed by atoms with Crippen LogP contribution in [0.1, 0.15) is 24.5 Å². The van der Waals surface area contributed by atoms with Gasteiger partial charge in [-0.25, -0.2) is 0 Å². The van der Waals surface area contributed by atoms with E-state index in [9.17, 15) is 0 Å². The standard InChI is InChI=1S/C37H30N2.C2H4O2/c38-20-19-37(39,21-29-13-11-27-9-7-23-3-1-5-25-15-17-31(29)35(27)33(23)25)22-30-14-12-28-10-8-24-4-2-6-26-16-18-32(30)36(28)34(24)26;1-2(3)4/h1-18H,19-22,38-39H2;1H3,(H,3,4). The van der Waals surface area contributed by atoms with Gasteiger partial charge in [-0.3, -0.25) is 4.79 Å². The number of aliphatic carboxylic acids is 1. The molecule has 4 heteroatoms. The Kier molecular flexibility index (Phi) is 6.61. The molecule has 0 spiro atoms. The fraction of sp³-hybridized carbons (Fsp3) is 0.154. The molecule has 5 N–H and O–H groups in total. The fourth-order valence-corrected chi connectivity index (χ4v) is 7.19. The van der Waals surface area contributed by atoms with Crippen LogP contribution in [-0.2, 0) is 17.6 Å². The lowest BCUT2D eigenvalue weighted by atomic mass is 9.79. The summed E-state index contributed by atoms with van der Waals surface area (Å²) in [5, 5.41) is 23.1. The zero-order valence-corrected chi connectivity index (χ0v) is 24.2. The van der Waals surface area contributed by atoms with Crippen LogP contribution < -0.4 is 11.5 Å². The second-order valence-corrected chi connectivity index (χ2v) is 11.9. The normalized spacial score (nSPS) is 12.2. The van der Waals surface area contributed by atoms with E-state index in [4.69, 9.17) is 21.4 Å². The molecular formula is C39H34N2O2. The van der Waals surface area contributed by atoms with Crippen molar-refractivity contribution in [3.63, 3.8) is 0 Å². The van der Waals surface area contributed by atoms with Crippen LogP contribution in [0.5, 0.6) is 0 Å². The Bertz CT molecular complexity index is 2080. The first-order valence-electron chi connectivity index (χ1n) is 14.8. The summed E-state index contributed by atoms with van der Waals surface area (Å²) in [5.74, 6) is -0.833. The van der Waals surface area contributed by atoms with Gasteiger partial charge >= 0.3 is 0 Å². The van der Waals surface area contributed by atoms with Crippen molar-refractivity contribution in [1.29, 1.82) is 0 Å². The van der Waals surface area contributed by atoms with Gasteiger partial charge in [-0.2, -0.15) is 0 Å². The van der Waals surface area contributed by atoms with Crippen LogP contribution in [0.3, 0.4) is 0 Å². The zero-order chi connectivity index (χ0) is 29.7. The number of hydrogen-bond donors (Lipinski definition) is 3. The van der Waals surface area contributed by atoms with Crippen LogP contribution in [0.4, 0.5) is 0 Å². The van der Waals surface area contributed by atoms with Crippen molar-refractivity contribution >= 4 is 70.6 Å². The van der Waals surface area contributed by atoms with E-state index in [1.165, 1.54) is 75.8 Å². The van der Waals surface area contributed by atoms with Crippen molar-refractivity contribution in [2.45, 2.75) is 31.7 Å². The van der Waals surface area contributed by atoms with Crippen LogP contribution in [0.15, 0.2) is 109 Å². The fourth-order valence-electron chi connectivity index (χ4n) is 7.19. The van der Waals surface area contributed by atoms with E-state index in [-0.39, 0.29) is 0 Å². The molecule has 0 fully saturated rings. The number of carboxylic acids is 1. The number of carboxylic acid groups (broad SMARTS) is 1. The van der Waals surface area contributed by atoms with E-state index in [1.54, 1.807) is 0 Å². The van der Waals surface area contributed by atoms with Gasteiger partial charge in [0.15, 0.2) is 0 Å². The molecule has 0 aliphatic heterocycles. The van der Waals surface area contributed by atoms with Crippen molar-refractivity contribution in [1.82, 2.24) is 0 Å². The third kappa shape index (κ3) is 4.69. The molecule has 0 saturated carbocycles.